The molecule has 0 radical (unpaired) electrons. The molecule has 0 saturated heterocycles. The lowest BCUT2D eigenvalue weighted by atomic mass is 9.91. The number of para-hydroxylation sites is 2. The summed E-state index contributed by atoms with van der Waals surface area (Å²) in [7, 11) is 0. The van der Waals surface area contributed by atoms with Crippen molar-refractivity contribution in [3.8, 4) is 6.07 Å². The molecule has 1 aliphatic rings. The van der Waals surface area contributed by atoms with Crippen LogP contribution in [-0.2, 0) is 4.79 Å². The Morgan fingerprint density at radius 3 is 2.75 bits per heavy atom. The topological polar surface area (TPSA) is 70.7 Å². The number of carbonyl (C=O) groups excluding carboxylic acids is 1. The Bertz CT molecular complexity index is 1020. The summed E-state index contributed by atoms with van der Waals surface area (Å²) < 4.78 is 1.85. The minimum absolute atomic E-state index is 0.392. The Morgan fingerprint density at radius 1 is 1.21 bits per heavy atom. The van der Waals surface area contributed by atoms with Crippen LogP contribution in [-0.4, -0.2) is 15.5 Å². The number of nitrogens with zero attached hydrogens (tertiary/aromatic N) is 3. The highest BCUT2D eigenvalue weighted by molar-refractivity contribution is 6.35. The molecule has 1 aliphatic heterocycles. The quantitative estimate of drug-likeness (QED) is 0.715. The number of amides is 1. The molecule has 2 atom stereocenters. The van der Waals surface area contributed by atoms with E-state index in [2.05, 4.69) is 16.4 Å². The van der Waals surface area contributed by atoms with Gasteiger partial charge in [-0.2, -0.15) is 5.26 Å². The number of nitriles is 1. The minimum atomic E-state index is -0.922. The molecule has 0 spiro atoms. The fourth-order valence-electron chi connectivity index (χ4n) is 3.08. The van der Waals surface area contributed by atoms with Gasteiger partial charge in [0.1, 0.15) is 0 Å². The molecule has 0 bridgehead atoms. The van der Waals surface area contributed by atoms with Crippen molar-refractivity contribution in [2.75, 3.05) is 5.32 Å². The molecule has 0 saturated carbocycles. The fourth-order valence-corrected chi connectivity index (χ4v) is 3.60. The average Bonchev–Trinajstić information content (AvgIpc) is 2.91. The van der Waals surface area contributed by atoms with Crippen LogP contribution in [0.2, 0.25) is 10.0 Å². The first kappa shape index (κ1) is 15.0. The van der Waals surface area contributed by atoms with Gasteiger partial charge in [-0.05, 0) is 29.8 Å². The zero-order valence-electron chi connectivity index (χ0n) is 12.2. The second-order valence-corrected chi connectivity index (χ2v) is 6.34. The van der Waals surface area contributed by atoms with Crippen molar-refractivity contribution in [3.63, 3.8) is 0 Å². The molecule has 3 aromatic rings. The number of anilines is 1. The summed E-state index contributed by atoms with van der Waals surface area (Å²) in [6.45, 7) is 0. The first-order chi connectivity index (χ1) is 11.6. The summed E-state index contributed by atoms with van der Waals surface area (Å²) in [4.78, 5) is 16.8. The summed E-state index contributed by atoms with van der Waals surface area (Å²) in [5.41, 5.74) is 2.22. The molecule has 4 rings (SSSR count). The van der Waals surface area contributed by atoms with Gasteiger partial charge in [-0.25, -0.2) is 4.98 Å². The standard InChI is InChI=1S/C17H10Cl2N4O/c18-9-5-6-10(12(19)7-9)15-11(8-20)16(24)22-17-21-13-3-1-2-4-14(13)23(15)17/h1-7,11,15H,(H,21,22,24)/t11-,15+/m1/s1. The number of nitrogens with one attached hydrogen (secondary N) is 1. The number of fused-ring (bicyclic) bond motifs is 3. The van der Waals surface area contributed by atoms with E-state index < -0.39 is 17.9 Å². The summed E-state index contributed by atoms with van der Waals surface area (Å²) in [5, 5.41) is 13.2. The van der Waals surface area contributed by atoms with Crippen LogP contribution < -0.4 is 5.32 Å². The van der Waals surface area contributed by atoms with Crippen LogP contribution >= 0.6 is 23.2 Å². The number of aromatic nitrogens is 2. The number of imidazole rings is 1. The highest BCUT2D eigenvalue weighted by atomic mass is 35.5. The van der Waals surface area contributed by atoms with Crippen molar-refractivity contribution in [2.24, 2.45) is 5.92 Å². The average molecular weight is 357 g/mol. The molecule has 0 fully saturated rings. The van der Waals surface area contributed by atoms with Gasteiger partial charge in [0.25, 0.3) is 0 Å². The molecular weight excluding hydrogens is 347 g/mol. The van der Waals surface area contributed by atoms with E-state index in [0.29, 0.717) is 21.6 Å². The summed E-state index contributed by atoms with van der Waals surface area (Å²) in [6.07, 6.45) is 0. The van der Waals surface area contributed by atoms with E-state index in [-0.39, 0.29) is 0 Å². The van der Waals surface area contributed by atoms with Crippen molar-refractivity contribution in [1.82, 2.24) is 9.55 Å². The SMILES string of the molecule is N#C[C@H]1C(=O)Nc2nc3ccccc3n2[C@H]1c1ccc(Cl)cc1Cl. The zero-order valence-corrected chi connectivity index (χ0v) is 13.7. The van der Waals surface area contributed by atoms with Crippen LogP contribution in [0.3, 0.4) is 0 Å². The predicted molar refractivity (Wildman–Crippen MR) is 92.1 cm³/mol. The number of hydrogen-bond acceptors (Lipinski definition) is 3. The van der Waals surface area contributed by atoms with E-state index in [1.54, 1.807) is 18.2 Å². The molecule has 2 heterocycles. The van der Waals surface area contributed by atoms with Crippen molar-refractivity contribution < 1.29 is 4.79 Å². The number of carbonyl (C=O) groups is 1. The molecule has 5 nitrogen and oxygen atoms in total. The lowest BCUT2D eigenvalue weighted by Gasteiger charge is -2.30. The van der Waals surface area contributed by atoms with E-state index in [4.69, 9.17) is 23.2 Å². The summed E-state index contributed by atoms with van der Waals surface area (Å²) in [6, 6.07) is 14.1. The molecule has 2 aromatic carbocycles. The third-order valence-electron chi connectivity index (χ3n) is 4.13. The van der Waals surface area contributed by atoms with Gasteiger partial charge >= 0.3 is 0 Å². The first-order valence-corrected chi connectivity index (χ1v) is 7.98. The Morgan fingerprint density at radius 2 is 2.00 bits per heavy atom. The second kappa shape index (κ2) is 5.52. The monoisotopic (exact) mass is 356 g/mol. The largest absolute Gasteiger partial charge is 0.300 e. The van der Waals surface area contributed by atoms with Crippen LogP contribution in [0.5, 0.6) is 0 Å². The molecular formula is C17H10Cl2N4O. The van der Waals surface area contributed by atoms with Crippen molar-refractivity contribution in [2.45, 2.75) is 6.04 Å². The maximum atomic E-state index is 12.4. The number of rotatable bonds is 1. The van der Waals surface area contributed by atoms with E-state index in [1.165, 1.54) is 0 Å². The van der Waals surface area contributed by atoms with Crippen LogP contribution in [0.15, 0.2) is 42.5 Å². The van der Waals surface area contributed by atoms with Crippen molar-refractivity contribution >= 4 is 46.1 Å². The van der Waals surface area contributed by atoms with Gasteiger partial charge in [-0.1, -0.05) is 41.4 Å². The van der Waals surface area contributed by atoms with E-state index in [1.807, 2.05) is 28.8 Å². The molecule has 1 amide bonds. The normalized spacial score (nSPS) is 19.6. The van der Waals surface area contributed by atoms with E-state index in [0.717, 1.165) is 11.0 Å². The van der Waals surface area contributed by atoms with Crippen LogP contribution in [0.25, 0.3) is 11.0 Å². The van der Waals surface area contributed by atoms with Gasteiger partial charge in [0.2, 0.25) is 11.9 Å². The number of benzene rings is 2. The van der Waals surface area contributed by atoms with Crippen LogP contribution in [0.4, 0.5) is 5.95 Å². The molecule has 118 valence electrons. The maximum absolute atomic E-state index is 12.4. The van der Waals surface area contributed by atoms with Gasteiger partial charge < -0.3 is 4.57 Å². The fraction of sp³-hybridized carbons (Fsp3) is 0.118. The highest BCUT2D eigenvalue weighted by Crippen LogP contribution is 2.40. The Hall–Kier alpha value is -2.55. The van der Waals surface area contributed by atoms with Crippen molar-refractivity contribution in [1.29, 1.82) is 5.26 Å². The lowest BCUT2D eigenvalue weighted by molar-refractivity contribution is -0.119. The van der Waals surface area contributed by atoms with E-state index in [9.17, 15) is 10.1 Å². The molecule has 0 aliphatic carbocycles. The smallest absolute Gasteiger partial charge is 0.246 e. The molecule has 7 heteroatoms. The predicted octanol–water partition coefficient (Wildman–Crippen LogP) is 4.02. The maximum Gasteiger partial charge on any atom is 0.246 e. The Kier molecular flexibility index (Phi) is 3.45. The van der Waals surface area contributed by atoms with Crippen LogP contribution in [0.1, 0.15) is 11.6 Å². The second-order valence-electron chi connectivity index (χ2n) is 5.50. The third-order valence-corrected chi connectivity index (χ3v) is 4.69. The summed E-state index contributed by atoms with van der Waals surface area (Å²) in [5.74, 6) is -0.908. The van der Waals surface area contributed by atoms with Gasteiger partial charge in [-0.15, -0.1) is 0 Å². The molecule has 0 unspecified atom stereocenters. The van der Waals surface area contributed by atoms with Gasteiger partial charge in [0.15, 0.2) is 5.92 Å². The van der Waals surface area contributed by atoms with Crippen molar-refractivity contribution in [3.05, 3.63) is 58.1 Å². The molecule has 1 N–H and O–H groups in total. The zero-order chi connectivity index (χ0) is 16.8. The Balaban J connectivity index is 2.03. The van der Waals surface area contributed by atoms with Gasteiger partial charge in [-0.3, -0.25) is 10.1 Å². The van der Waals surface area contributed by atoms with Crippen LogP contribution in [0, 0.1) is 17.2 Å². The molecule has 24 heavy (non-hydrogen) atoms. The first-order valence-electron chi connectivity index (χ1n) is 7.22. The van der Waals surface area contributed by atoms with E-state index >= 15 is 0 Å². The minimum Gasteiger partial charge on any atom is -0.300 e. The lowest BCUT2D eigenvalue weighted by Crippen LogP contribution is -2.37. The Labute approximate surface area is 147 Å². The third kappa shape index (κ3) is 2.15. The highest BCUT2D eigenvalue weighted by Gasteiger charge is 2.39. The number of hydrogen-bond donors (Lipinski definition) is 1. The molecule has 1 aromatic heterocycles. The van der Waals surface area contributed by atoms with Gasteiger partial charge in [0.05, 0.1) is 23.1 Å². The summed E-state index contributed by atoms with van der Waals surface area (Å²) >= 11 is 12.3. The van der Waals surface area contributed by atoms with Gasteiger partial charge in [0, 0.05) is 10.0 Å². The number of halogens is 2.